The van der Waals surface area contributed by atoms with Crippen molar-refractivity contribution >= 4 is 5.96 Å². The fourth-order valence-electron chi connectivity index (χ4n) is 1.99. The molecule has 6 nitrogen and oxygen atoms in total. The van der Waals surface area contributed by atoms with Crippen LogP contribution in [0.25, 0.3) is 0 Å². The Balaban J connectivity index is 2.24. The Morgan fingerprint density at radius 3 is 3.00 bits per heavy atom. The standard InChI is InChI=1S/C11H25N5O/c1-3-16-6-4-10(9-16)8-14-11(15-12)13-5-7-17-2/h10H,3-9,12H2,1-2H3,(H2,13,14,15). The minimum Gasteiger partial charge on any atom is -0.383 e. The van der Waals surface area contributed by atoms with Gasteiger partial charge >= 0.3 is 0 Å². The van der Waals surface area contributed by atoms with Crippen molar-refractivity contribution in [3.05, 3.63) is 0 Å². The summed E-state index contributed by atoms with van der Waals surface area (Å²) in [6.45, 7) is 7.86. The average molecular weight is 243 g/mol. The van der Waals surface area contributed by atoms with Crippen LogP contribution in [0.3, 0.4) is 0 Å². The number of rotatable bonds is 6. The second kappa shape index (κ2) is 8.27. The highest BCUT2D eigenvalue weighted by atomic mass is 16.5. The maximum absolute atomic E-state index is 5.40. The fourth-order valence-corrected chi connectivity index (χ4v) is 1.99. The van der Waals surface area contributed by atoms with Crippen molar-refractivity contribution in [3.63, 3.8) is 0 Å². The smallest absolute Gasteiger partial charge is 0.205 e. The van der Waals surface area contributed by atoms with Crippen molar-refractivity contribution in [3.8, 4) is 0 Å². The lowest BCUT2D eigenvalue weighted by Gasteiger charge is -2.12. The molecule has 0 aliphatic carbocycles. The van der Waals surface area contributed by atoms with Gasteiger partial charge in [0.15, 0.2) is 0 Å². The summed E-state index contributed by atoms with van der Waals surface area (Å²) in [6, 6.07) is 0. The lowest BCUT2D eigenvalue weighted by atomic mass is 10.1. The van der Waals surface area contributed by atoms with E-state index in [1.165, 1.54) is 13.0 Å². The van der Waals surface area contributed by atoms with Crippen molar-refractivity contribution < 1.29 is 4.74 Å². The molecule has 0 radical (unpaired) electrons. The molecule has 17 heavy (non-hydrogen) atoms. The van der Waals surface area contributed by atoms with Crippen molar-refractivity contribution in [1.29, 1.82) is 0 Å². The normalized spacial score (nSPS) is 21.8. The van der Waals surface area contributed by atoms with Crippen LogP contribution in [-0.2, 0) is 4.74 Å². The lowest BCUT2D eigenvalue weighted by Crippen LogP contribution is -2.43. The maximum atomic E-state index is 5.40. The van der Waals surface area contributed by atoms with Gasteiger partial charge in [0, 0.05) is 26.7 Å². The molecule has 1 heterocycles. The van der Waals surface area contributed by atoms with Gasteiger partial charge in [0.25, 0.3) is 0 Å². The number of methoxy groups -OCH3 is 1. The van der Waals surface area contributed by atoms with Crippen molar-refractivity contribution in [2.24, 2.45) is 16.8 Å². The van der Waals surface area contributed by atoms with E-state index in [-0.39, 0.29) is 0 Å². The number of hydrogen-bond acceptors (Lipinski definition) is 4. The Morgan fingerprint density at radius 1 is 1.59 bits per heavy atom. The van der Waals surface area contributed by atoms with Crippen LogP contribution in [0.2, 0.25) is 0 Å². The number of likely N-dealkylation sites (tertiary alicyclic amines) is 1. The molecule has 1 fully saturated rings. The van der Waals surface area contributed by atoms with E-state index in [2.05, 4.69) is 27.6 Å². The summed E-state index contributed by atoms with van der Waals surface area (Å²) >= 11 is 0. The van der Waals surface area contributed by atoms with E-state index in [1.54, 1.807) is 7.11 Å². The zero-order chi connectivity index (χ0) is 12.5. The van der Waals surface area contributed by atoms with Crippen LogP contribution in [0.5, 0.6) is 0 Å². The van der Waals surface area contributed by atoms with Crippen LogP contribution >= 0.6 is 0 Å². The molecule has 0 aromatic carbocycles. The highest BCUT2D eigenvalue weighted by Crippen LogP contribution is 2.15. The quantitative estimate of drug-likeness (QED) is 0.191. The van der Waals surface area contributed by atoms with Crippen LogP contribution in [0.15, 0.2) is 4.99 Å². The predicted molar refractivity (Wildman–Crippen MR) is 69.7 cm³/mol. The summed E-state index contributed by atoms with van der Waals surface area (Å²) in [5.41, 5.74) is 2.58. The van der Waals surface area contributed by atoms with Gasteiger partial charge in [0.2, 0.25) is 5.96 Å². The van der Waals surface area contributed by atoms with Gasteiger partial charge in [0.1, 0.15) is 0 Å². The molecule has 1 unspecified atom stereocenters. The van der Waals surface area contributed by atoms with Gasteiger partial charge in [-0.1, -0.05) is 6.92 Å². The van der Waals surface area contributed by atoms with Gasteiger partial charge in [-0.3, -0.25) is 10.4 Å². The molecular formula is C11H25N5O. The molecule has 1 atom stereocenters. The van der Waals surface area contributed by atoms with Crippen molar-refractivity contribution in [1.82, 2.24) is 15.6 Å². The van der Waals surface area contributed by atoms with Gasteiger partial charge in [0.05, 0.1) is 6.61 Å². The van der Waals surface area contributed by atoms with Crippen LogP contribution < -0.4 is 16.6 Å². The molecule has 0 spiro atoms. The molecule has 6 heteroatoms. The lowest BCUT2D eigenvalue weighted by molar-refractivity contribution is 0.203. The first-order valence-corrected chi connectivity index (χ1v) is 6.26. The molecule has 1 aliphatic heterocycles. The zero-order valence-electron chi connectivity index (χ0n) is 10.9. The number of nitrogens with two attached hydrogens (primary N) is 1. The minimum atomic E-state index is 0.647. The molecule has 100 valence electrons. The fraction of sp³-hybridized carbons (Fsp3) is 0.909. The first-order valence-electron chi connectivity index (χ1n) is 6.26. The molecule has 1 aliphatic rings. The van der Waals surface area contributed by atoms with Crippen LogP contribution in [0.1, 0.15) is 13.3 Å². The predicted octanol–water partition coefficient (Wildman–Crippen LogP) is -0.616. The number of hydrazine groups is 1. The van der Waals surface area contributed by atoms with E-state index in [1.807, 2.05) is 0 Å². The molecule has 1 saturated heterocycles. The molecule has 0 aromatic heterocycles. The van der Waals surface area contributed by atoms with E-state index in [0.717, 1.165) is 19.6 Å². The van der Waals surface area contributed by atoms with Gasteiger partial charge in [-0.2, -0.15) is 0 Å². The summed E-state index contributed by atoms with van der Waals surface area (Å²) in [6.07, 6.45) is 1.23. The zero-order valence-corrected chi connectivity index (χ0v) is 10.9. The monoisotopic (exact) mass is 243 g/mol. The van der Waals surface area contributed by atoms with E-state index >= 15 is 0 Å². The van der Waals surface area contributed by atoms with Gasteiger partial charge in [-0.25, -0.2) is 5.84 Å². The van der Waals surface area contributed by atoms with E-state index in [0.29, 0.717) is 25.0 Å². The molecule has 4 N–H and O–H groups in total. The average Bonchev–Trinajstić information content (AvgIpc) is 2.81. The van der Waals surface area contributed by atoms with Crippen molar-refractivity contribution in [2.45, 2.75) is 13.3 Å². The van der Waals surface area contributed by atoms with Crippen LogP contribution in [0, 0.1) is 5.92 Å². The number of nitrogens with one attached hydrogen (secondary N) is 2. The summed E-state index contributed by atoms with van der Waals surface area (Å²) in [5.74, 6) is 6.70. The molecule has 1 rings (SSSR count). The van der Waals surface area contributed by atoms with Crippen molar-refractivity contribution in [2.75, 3.05) is 46.4 Å². The van der Waals surface area contributed by atoms with Gasteiger partial charge < -0.3 is 15.0 Å². The first kappa shape index (κ1) is 14.2. The third-order valence-corrected chi connectivity index (χ3v) is 3.06. The second-order valence-electron chi connectivity index (χ2n) is 4.30. The third kappa shape index (κ3) is 5.34. The number of ether oxygens (including phenoxy) is 1. The minimum absolute atomic E-state index is 0.647. The highest BCUT2D eigenvalue weighted by molar-refractivity contribution is 5.79. The Bertz CT molecular complexity index is 234. The van der Waals surface area contributed by atoms with Gasteiger partial charge in [-0.05, 0) is 25.4 Å². The van der Waals surface area contributed by atoms with E-state index in [4.69, 9.17) is 10.6 Å². The summed E-state index contributed by atoms with van der Waals surface area (Å²) in [5, 5.41) is 3.09. The Morgan fingerprint density at radius 2 is 2.41 bits per heavy atom. The summed E-state index contributed by atoms with van der Waals surface area (Å²) < 4.78 is 4.95. The second-order valence-corrected chi connectivity index (χ2v) is 4.30. The SMILES string of the molecule is CCN1CCC(CN=C(NN)NCCOC)C1. The van der Waals surface area contributed by atoms with Crippen LogP contribution in [-0.4, -0.2) is 57.3 Å². The van der Waals surface area contributed by atoms with Gasteiger partial charge in [-0.15, -0.1) is 0 Å². The summed E-state index contributed by atoms with van der Waals surface area (Å²) in [7, 11) is 1.67. The number of nitrogens with zero attached hydrogens (tertiary/aromatic N) is 2. The maximum Gasteiger partial charge on any atom is 0.205 e. The number of hydrogen-bond donors (Lipinski definition) is 3. The van der Waals surface area contributed by atoms with Crippen LogP contribution in [0.4, 0.5) is 0 Å². The van der Waals surface area contributed by atoms with E-state index < -0.39 is 0 Å². The molecule has 0 saturated carbocycles. The van der Waals surface area contributed by atoms with E-state index in [9.17, 15) is 0 Å². The number of aliphatic imine (C=N–C) groups is 1. The molecular weight excluding hydrogens is 218 g/mol. The Kier molecular flexibility index (Phi) is 6.91. The first-order chi connectivity index (χ1) is 8.30. The highest BCUT2D eigenvalue weighted by Gasteiger charge is 2.20. The topological polar surface area (TPSA) is 74.9 Å². The third-order valence-electron chi connectivity index (χ3n) is 3.06. The molecule has 0 bridgehead atoms. The largest absolute Gasteiger partial charge is 0.383 e. The summed E-state index contributed by atoms with van der Waals surface area (Å²) in [4.78, 5) is 6.90. The Labute approximate surface area is 104 Å². The molecule has 0 aromatic rings. The molecule has 0 amide bonds. The number of guanidine groups is 1. The Hall–Kier alpha value is -0.850.